The monoisotopic (exact) mass is 370 g/mol. The lowest BCUT2D eigenvalue weighted by molar-refractivity contribution is -0.384. The number of aromatic hydroxyl groups is 1. The van der Waals surface area contributed by atoms with Crippen LogP contribution in [0.2, 0.25) is 0 Å². The maximum Gasteiger partial charge on any atom is 0.271 e. The van der Waals surface area contributed by atoms with Crippen molar-refractivity contribution in [2.45, 2.75) is 19.9 Å². The molecule has 0 saturated heterocycles. The summed E-state index contributed by atoms with van der Waals surface area (Å²) in [4.78, 5) is 26.9. The third-order valence-corrected chi connectivity index (χ3v) is 3.96. The van der Waals surface area contributed by atoms with Crippen molar-refractivity contribution in [3.8, 4) is 11.9 Å². The molecular weight excluding hydrogens is 352 g/mol. The average molecular weight is 370 g/mol. The summed E-state index contributed by atoms with van der Waals surface area (Å²) in [7, 11) is 1.52. The van der Waals surface area contributed by atoms with Gasteiger partial charge in [-0.2, -0.15) is 5.26 Å². The number of ether oxygens (including phenoxy) is 1. The van der Waals surface area contributed by atoms with Gasteiger partial charge in [-0.1, -0.05) is 6.07 Å². The van der Waals surface area contributed by atoms with Gasteiger partial charge in [0, 0.05) is 38.6 Å². The third-order valence-electron chi connectivity index (χ3n) is 3.96. The smallest absolute Gasteiger partial charge is 0.271 e. The van der Waals surface area contributed by atoms with Crippen molar-refractivity contribution in [1.82, 2.24) is 4.57 Å². The first-order valence-electron chi connectivity index (χ1n) is 8.04. The number of benzene rings is 1. The molecular formula is C18H18N4O5. The SMILES string of the molecule is COCCCn1c(O)c(C=Nc2cccc([N+](=O)[O-])c2)c(C)c(C#N)c1=O. The van der Waals surface area contributed by atoms with Crippen molar-refractivity contribution in [3.63, 3.8) is 0 Å². The molecule has 0 aliphatic rings. The number of nitro groups is 1. The van der Waals surface area contributed by atoms with Crippen LogP contribution in [-0.2, 0) is 11.3 Å². The topological polar surface area (TPSA) is 131 Å². The van der Waals surface area contributed by atoms with Gasteiger partial charge in [0.25, 0.3) is 11.2 Å². The summed E-state index contributed by atoms with van der Waals surface area (Å²) >= 11 is 0. The fraction of sp³-hybridized carbons (Fsp3) is 0.278. The molecule has 2 rings (SSSR count). The van der Waals surface area contributed by atoms with E-state index in [4.69, 9.17) is 4.74 Å². The first-order chi connectivity index (χ1) is 12.9. The summed E-state index contributed by atoms with van der Waals surface area (Å²) in [6.07, 6.45) is 1.76. The van der Waals surface area contributed by atoms with E-state index in [-0.39, 0.29) is 34.8 Å². The average Bonchev–Trinajstić information content (AvgIpc) is 2.65. The van der Waals surface area contributed by atoms with Crippen LogP contribution in [0.1, 0.15) is 23.1 Å². The standard InChI is InChI=1S/C18H18N4O5/c1-12-15(10-19)17(23)21(7-4-8-27-2)18(24)16(12)11-20-13-5-3-6-14(9-13)22(25)26/h3,5-6,9,11,24H,4,7-8H2,1-2H3. The molecule has 0 aliphatic heterocycles. The second-order valence-electron chi connectivity index (χ2n) is 5.69. The Kier molecular flexibility index (Phi) is 6.41. The Balaban J connectivity index is 2.51. The van der Waals surface area contributed by atoms with E-state index in [2.05, 4.69) is 4.99 Å². The number of non-ortho nitro benzene ring substituents is 1. The molecule has 0 aliphatic carbocycles. The highest BCUT2D eigenvalue weighted by Crippen LogP contribution is 2.23. The second-order valence-corrected chi connectivity index (χ2v) is 5.69. The van der Waals surface area contributed by atoms with Crippen LogP contribution in [0, 0.1) is 28.4 Å². The van der Waals surface area contributed by atoms with E-state index >= 15 is 0 Å². The van der Waals surface area contributed by atoms with E-state index in [9.17, 15) is 25.3 Å². The first kappa shape index (κ1) is 19.8. The lowest BCUT2D eigenvalue weighted by Crippen LogP contribution is -2.26. The maximum absolute atomic E-state index is 12.4. The number of methoxy groups -OCH3 is 1. The molecule has 0 spiro atoms. The Labute approximate surface area is 154 Å². The highest BCUT2D eigenvalue weighted by atomic mass is 16.6. The number of nitro benzene ring substituents is 1. The normalized spacial score (nSPS) is 10.9. The van der Waals surface area contributed by atoms with E-state index < -0.39 is 10.5 Å². The van der Waals surface area contributed by atoms with Gasteiger partial charge >= 0.3 is 0 Å². The molecule has 9 nitrogen and oxygen atoms in total. The number of aromatic nitrogens is 1. The van der Waals surface area contributed by atoms with E-state index in [0.717, 1.165) is 4.57 Å². The van der Waals surface area contributed by atoms with E-state index in [1.165, 1.54) is 38.4 Å². The molecule has 27 heavy (non-hydrogen) atoms. The zero-order valence-corrected chi connectivity index (χ0v) is 14.9. The molecule has 1 heterocycles. The molecule has 0 unspecified atom stereocenters. The Morgan fingerprint density at radius 3 is 2.85 bits per heavy atom. The van der Waals surface area contributed by atoms with Crippen molar-refractivity contribution in [2.24, 2.45) is 4.99 Å². The Morgan fingerprint density at radius 2 is 2.22 bits per heavy atom. The molecule has 0 fully saturated rings. The summed E-state index contributed by atoms with van der Waals surface area (Å²) in [5.41, 5.74) is 0.000501. The molecule has 9 heteroatoms. The summed E-state index contributed by atoms with van der Waals surface area (Å²) in [5, 5.41) is 30.7. The van der Waals surface area contributed by atoms with Crippen molar-refractivity contribution in [3.05, 3.63) is 61.4 Å². The van der Waals surface area contributed by atoms with Crippen LogP contribution in [0.3, 0.4) is 0 Å². The minimum atomic E-state index is -0.587. The molecule has 1 N–H and O–H groups in total. The van der Waals surface area contributed by atoms with Crippen LogP contribution in [0.15, 0.2) is 34.1 Å². The highest BCUT2D eigenvalue weighted by Gasteiger charge is 2.17. The van der Waals surface area contributed by atoms with Crippen LogP contribution in [0.4, 0.5) is 11.4 Å². The summed E-state index contributed by atoms with van der Waals surface area (Å²) in [6, 6.07) is 7.53. The second kappa shape index (κ2) is 8.73. The molecule has 1 aromatic heterocycles. The minimum Gasteiger partial charge on any atom is -0.494 e. The van der Waals surface area contributed by atoms with Gasteiger partial charge in [-0.3, -0.25) is 24.5 Å². The minimum absolute atomic E-state index is 0.0919. The number of rotatable bonds is 7. The van der Waals surface area contributed by atoms with Crippen molar-refractivity contribution < 1.29 is 14.8 Å². The molecule has 2 aromatic rings. The molecule has 0 radical (unpaired) electrons. The van der Waals surface area contributed by atoms with Gasteiger partial charge < -0.3 is 9.84 Å². The first-order valence-corrected chi connectivity index (χ1v) is 8.04. The predicted octanol–water partition coefficient (Wildman–Crippen LogP) is 2.43. The number of hydrogen-bond acceptors (Lipinski definition) is 7. The molecule has 0 atom stereocenters. The lowest BCUT2D eigenvalue weighted by Gasteiger charge is -2.13. The summed E-state index contributed by atoms with van der Waals surface area (Å²) in [5.74, 6) is -0.318. The zero-order chi connectivity index (χ0) is 20.0. The number of pyridine rings is 1. The van der Waals surface area contributed by atoms with Crippen molar-refractivity contribution in [2.75, 3.05) is 13.7 Å². The fourth-order valence-electron chi connectivity index (χ4n) is 2.53. The predicted molar refractivity (Wildman–Crippen MR) is 98.7 cm³/mol. The number of nitriles is 1. The number of aliphatic imine (C=N–C) groups is 1. The van der Waals surface area contributed by atoms with Crippen LogP contribution in [-0.4, -0.2) is 34.5 Å². The number of hydrogen-bond donors (Lipinski definition) is 1. The van der Waals surface area contributed by atoms with Gasteiger partial charge in [-0.15, -0.1) is 0 Å². The summed E-state index contributed by atoms with van der Waals surface area (Å²) < 4.78 is 6.04. The summed E-state index contributed by atoms with van der Waals surface area (Å²) in [6.45, 7) is 2.10. The molecule has 1 aromatic carbocycles. The largest absolute Gasteiger partial charge is 0.494 e. The zero-order valence-electron chi connectivity index (χ0n) is 14.9. The molecule has 140 valence electrons. The lowest BCUT2D eigenvalue weighted by atomic mass is 10.1. The highest BCUT2D eigenvalue weighted by molar-refractivity contribution is 5.87. The van der Waals surface area contributed by atoms with Crippen LogP contribution < -0.4 is 5.56 Å². The van der Waals surface area contributed by atoms with Gasteiger partial charge in [0.15, 0.2) is 0 Å². The van der Waals surface area contributed by atoms with Crippen LogP contribution >= 0.6 is 0 Å². The van der Waals surface area contributed by atoms with Crippen molar-refractivity contribution >= 4 is 17.6 Å². The van der Waals surface area contributed by atoms with E-state index in [0.29, 0.717) is 18.7 Å². The molecule has 0 saturated carbocycles. The number of nitrogens with zero attached hydrogens (tertiary/aromatic N) is 4. The van der Waals surface area contributed by atoms with E-state index in [1.54, 1.807) is 6.07 Å². The molecule has 0 bridgehead atoms. The van der Waals surface area contributed by atoms with Crippen molar-refractivity contribution in [1.29, 1.82) is 5.26 Å². The van der Waals surface area contributed by atoms with Gasteiger partial charge in [0.05, 0.1) is 16.2 Å². The van der Waals surface area contributed by atoms with E-state index in [1.807, 2.05) is 6.07 Å². The Bertz CT molecular complexity index is 988. The fourth-order valence-corrected chi connectivity index (χ4v) is 2.53. The quantitative estimate of drug-likeness (QED) is 0.345. The maximum atomic E-state index is 12.4. The third kappa shape index (κ3) is 4.37. The Hall–Kier alpha value is -3.51. The van der Waals surface area contributed by atoms with Gasteiger partial charge in [0.2, 0.25) is 5.88 Å². The Morgan fingerprint density at radius 1 is 1.48 bits per heavy atom. The van der Waals surface area contributed by atoms with Gasteiger partial charge in [-0.05, 0) is 25.0 Å². The van der Waals surface area contributed by atoms with Crippen LogP contribution in [0.5, 0.6) is 5.88 Å². The van der Waals surface area contributed by atoms with Gasteiger partial charge in [0.1, 0.15) is 11.6 Å². The van der Waals surface area contributed by atoms with Crippen LogP contribution in [0.25, 0.3) is 0 Å². The van der Waals surface area contributed by atoms with Gasteiger partial charge in [-0.25, -0.2) is 0 Å². The molecule has 0 amide bonds.